The SMILES string of the molecule is CCc1cccc(CC)c1-n1c(C)nc(C(=O)OC)c1N. The number of carbonyl (C=O) groups is 1. The van der Waals surface area contributed by atoms with Crippen molar-refractivity contribution in [1.29, 1.82) is 0 Å². The normalized spacial score (nSPS) is 10.7. The number of benzene rings is 1. The summed E-state index contributed by atoms with van der Waals surface area (Å²) in [5.74, 6) is 0.500. The van der Waals surface area contributed by atoms with E-state index in [1.807, 2.05) is 17.6 Å². The second kappa shape index (κ2) is 5.99. The Hall–Kier alpha value is -2.30. The monoisotopic (exact) mass is 287 g/mol. The van der Waals surface area contributed by atoms with E-state index in [4.69, 9.17) is 10.5 Å². The van der Waals surface area contributed by atoms with Crippen LogP contribution in [0, 0.1) is 6.92 Å². The van der Waals surface area contributed by atoms with E-state index >= 15 is 0 Å². The number of carbonyl (C=O) groups excluding carboxylic acids is 1. The number of nitrogen functional groups attached to an aromatic ring is 1. The molecule has 0 aliphatic rings. The van der Waals surface area contributed by atoms with Crippen molar-refractivity contribution in [1.82, 2.24) is 9.55 Å². The van der Waals surface area contributed by atoms with Gasteiger partial charge in [-0.2, -0.15) is 0 Å². The molecule has 2 N–H and O–H groups in total. The summed E-state index contributed by atoms with van der Waals surface area (Å²) >= 11 is 0. The van der Waals surface area contributed by atoms with Crippen molar-refractivity contribution in [3.63, 3.8) is 0 Å². The maximum atomic E-state index is 11.8. The van der Waals surface area contributed by atoms with E-state index in [1.54, 1.807) is 0 Å². The zero-order valence-corrected chi connectivity index (χ0v) is 12.9. The third-order valence-electron chi connectivity index (χ3n) is 3.65. The fraction of sp³-hybridized carbons (Fsp3) is 0.375. The summed E-state index contributed by atoms with van der Waals surface area (Å²) < 4.78 is 6.59. The Morgan fingerprint density at radius 2 is 1.86 bits per heavy atom. The number of para-hydroxylation sites is 1. The molecule has 0 amide bonds. The van der Waals surface area contributed by atoms with Gasteiger partial charge in [0.25, 0.3) is 0 Å². The molecule has 0 unspecified atom stereocenters. The van der Waals surface area contributed by atoms with Crippen molar-refractivity contribution in [2.45, 2.75) is 33.6 Å². The predicted molar refractivity (Wildman–Crippen MR) is 82.8 cm³/mol. The van der Waals surface area contributed by atoms with Crippen LogP contribution in [0.5, 0.6) is 0 Å². The molecule has 0 atom stereocenters. The smallest absolute Gasteiger partial charge is 0.360 e. The molecule has 0 aliphatic carbocycles. The average Bonchev–Trinajstić information content (AvgIpc) is 2.80. The van der Waals surface area contributed by atoms with Crippen LogP contribution in [0.4, 0.5) is 5.82 Å². The minimum absolute atomic E-state index is 0.169. The summed E-state index contributed by atoms with van der Waals surface area (Å²) in [4.78, 5) is 16.0. The average molecular weight is 287 g/mol. The quantitative estimate of drug-likeness (QED) is 0.878. The summed E-state index contributed by atoms with van der Waals surface area (Å²) in [5.41, 5.74) is 9.71. The fourth-order valence-electron chi connectivity index (χ4n) is 2.58. The molecule has 0 aliphatic heterocycles. The Labute approximate surface area is 124 Å². The van der Waals surface area contributed by atoms with Crippen molar-refractivity contribution >= 4 is 11.8 Å². The Bertz CT molecular complexity index is 652. The second-order valence-corrected chi connectivity index (χ2v) is 4.85. The van der Waals surface area contributed by atoms with Crippen molar-refractivity contribution in [3.8, 4) is 5.69 Å². The van der Waals surface area contributed by atoms with Gasteiger partial charge in [-0.05, 0) is 30.9 Å². The standard InChI is InChI=1S/C16H21N3O2/c1-5-11-8-7-9-12(6-2)14(11)19-10(3)18-13(15(19)17)16(20)21-4/h7-9H,5-6,17H2,1-4H3. The minimum Gasteiger partial charge on any atom is -0.464 e. The Kier molecular flexibility index (Phi) is 4.31. The van der Waals surface area contributed by atoms with E-state index in [2.05, 4.69) is 31.0 Å². The summed E-state index contributed by atoms with van der Waals surface area (Å²) in [6.45, 7) is 6.04. The number of nitrogens with two attached hydrogens (primary N) is 1. The molecule has 0 saturated heterocycles. The molecule has 2 aromatic rings. The van der Waals surface area contributed by atoms with E-state index in [0.29, 0.717) is 11.6 Å². The number of esters is 1. The maximum Gasteiger partial charge on any atom is 0.360 e. The van der Waals surface area contributed by atoms with Crippen LogP contribution in [-0.2, 0) is 17.6 Å². The van der Waals surface area contributed by atoms with Gasteiger partial charge in [0.15, 0.2) is 5.69 Å². The maximum absolute atomic E-state index is 11.8. The van der Waals surface area contributed by atoms with Crippen LogP contribution >= 0.6 is 0 Å². The van der Waals surface area contributed by atoms with Gasteiger partial charge in [-0.15, -0.1) is 0 Å². The highest BCUT2D eigenvalue weighted by Gasteiger charge is 2.22. The van der Waals surface area contributed by atoms with Crippen molar-refractivity contribution in [2.75, 3.05) is 12.8 Å². The summed E-state index contributed by atoms with van der Waals surface area (Å²) in [6.07, 6.45) is 1.77. The lowest BCUT2D eigenvalue weighted by atomic mass is 10.0. The molecule has 1 aromatic carbocycles. The van der Waals surface area contributed by atoms with Crippen LogP contribution in [0.15, 0.2) is 18.2 Å². The van der Waals surface area contributed by atoms with E-state index in [1.165, 1.54) is 18.2 Å². The molecular formula is C16H21N3O2. The number of ether oxygens (including phenoxy) is 1. The topological polar surface area (TPSA) is 70.1 Å². The van der Waals surface area contributed by atoms with Gasteiger partial charge < -0.3 is 10.5 Å². The number of aromatic nitrogens is 2. The molecule has 1 aromatic heterocycles. The van der Waals surface area contributed by atoms with E-state index in [-0.39, 0.29) is 5.69 Å². The molecule has 0 saturated carbocycles. The lowest BCUT2D eigenvalue weighted by Crippen LogP contribution is -2.10. The first-order valence-corrected chi connectivity index (χ1v) is 7.09. The van der Waals surface area contributed by atoms with Gasteiger partial charge in [0, 0.05) is 0 Å². The van der Waals surface area contributed by atoms with Crippen molar-refractivity contribution < 1.29 is 9.53 Å². The third-order valence-corrected chi connectivity index (χ3v) is 3.65. The molecule has 0 radical (unpaired) electrons. The molecule has 2 rings (SSSR count). The van der Waals surface area contributed by atoms with Gasteiger partial charge in [0.1, 0.15) is 11.6 Å². The van der Waals surface area contributed by atoms with E-state index in [0.717, 1.165) is 18.5 Å². The van der Waals surface area contributed by atoms with Crippen LogP contribution in [-0.4, -0.2) is 22.6 Å². The molecule has 112 valence electrons. The Morgan fingerprint density at radius 3 is 2.33 bits per heavy atom. The van der Waals surface area contributed by atoms with E-state index < -0.39 is 5.97 Å². The number of anilines is 1. The number of hydrogen-bond acceptors (Lipinski definition) is 4. The van der Waals surface area contributed by atoms with Gasteiger partial charge in [0.2, 0.25) is 0 Å². The van der Waals surface area contributed by atoms with Gasteiger partial charge in [-0.25, -0.2) is 9.78 Å². The van der Waals surface area contributed by atoms with Crippen LogP contribution in [0.3, 0.4) is 0 Å². The zero-order valence-electron chi connectivity index (χ0n) is 12.9. The number of methoxy groups -OCH3 is 1. The predicted octanol–water partition coefficient (Wildman–Crippen LogP) is 2.67. The molecule has 0 fully saturated rings. The zero-order chi connectivity index (χ0) is 15.6. The highest BCUT2D eigenvalue weighted by atomic mass is 16.5. The second-order valence-electron chi connectivity index (χ2n) is 4.85. The third kappa shape index (κ3) is 2.51. The molecule has 1 heterocycles. The minimum atomic E-state index is -0.513. The van der Waals surface area contributed by atoms with Crippen LogP contribution in [0.2, 0.25) is 0 Å². The number of imidazole rings is 1. The van der Waals surface area contributed by atoms with Gasteiger partial charge in [-0.3, -0.25) is 4.57 Å². The number of rotatable bonds is 4. The first-order valence-electron chi connectivity index (χ1n) is 7.09. The highest BCUT2D eigenvalue weighted by Crippen LogP contribution is 2.27. The van der Waals surface area contributed by atoms with Crippen LogP contribution in [0.25, 0.3) is 5.69 Å². The molecule has 0 spiro atoms. The summed E-state index contributed by atoms with van der Waals surface area (Å²) in [6, 6.07) is 6.20. The van der Waals surface area contributed by atoms with E-state index in [9.17, 15) is 4.79 Å². The molecule has 0 bridgehead atoms. The van der Waals surface area contributed by atoms with Gasteiger partial charge >= 0.3 is 5.97 Å². The lowest BCUT2D eigenvalue weighted by molar-refractivity contribution is 0.0596. The summed E-state index contributed by atoms with van der Waals surface area (Å²) in [7, 11) is 1.33. The van der Waals surface area contributed by atoms with Crippen molar-refractivity contribution in [3.05, 3.63) is 40.8 Å². The number of aryl methyl sites for hydroxylation is 3. The first kappa shape index (κ1) is 15.1. The lowest BCUT2D eigenvalue weighted by Gasteiger charge is -2.16. The largest absolute Gasteiger partial charge is 0.464 e. The van der Waals surface area contributed by atoms with Crippen LogP contribution in [0.1, 0.15) is 41.3 Å². The Balaban J connectivity index is 2.73. The number of hydrogen-bond donors (Lipinski definition) is 1. The molecule has 5 heteroatoms. The number of nitrogens with zero attached hydrogens (tertiary/aromatic N) is 2. The first-order chi connectivity index (χ1) is 10.0. The van der Waals surface area contributed by atoms with Gasteiger partial charge in [0.05, 0.1) is 12.8 Å². The van der Waals surface area contributed by atoms with Crippen molar-refractivity contribution in [2.24, 2.45) is 0 Å². The van der Waals surface area contributed by atoms with Crippen LogP contribution < -0.4 is 5.73 Å². The van der Waals surface area contributed by atoms with Gasteiger partial charge in [-0.1, -0.05) is 32.0 Å². The fourth-order valence-corrected chi connectivity index (χ4v) is 2.58. The molecule has 5 nitrogen and oxygen atoms in total. The summed E-state index contributed by atoms with van der Waals surface area (Å²) in [5, 5.41) is 0. The highest BCUT2D eigenvalue weighted by molar-refractivity contribution is 5.92. The molecule has 21 heavy (non-hydrogen) atoms. The molecular weight excluding hydrogens is 266 g/mol. The Morgan fingerprint density at radius 1 is 1.29 bits per heavy atom.